The van der Waals surface area contributed by atoms with Crippen LogP contribution in [0.4, 0.5) is 0 Å². The number of hydrogen-bond donors (Lipinski definition) is 0. The normalized spacial score (nSPS) is 11.4. The summed E-state index contributed by atoms with van der Waals surface area (Å²) in [7, 11) is 1.23. The molecule has 0 saturated heterocycles. The van der Waals surface area contributed by atoms with Gasteiger partial charge < -0.3 is 4.90 Å². The molecule has 0 heterocycles. The van der Waals surface area contributed by atoms with Gasteiger partial charge in [-0.25, -0.2) is 8.42 Å². The van der Waals surface area contributed by atoms with Crippen LogP contribution in [-0.4, -0.2) is 32.3 Å². The molecule has 0 aromatic heterocycles. The van der Waals surface area contributed by atoms with Crippen molar-refractivity contribution in [2.75, 3.05) is 13.1 Å². The number of carbonyl (C=O) groups is 1. The van der Waals surface area contributed by atoms with Crippen molar-refractivity contribution in [2.45, 2.75) is 18.7 Å². The van der Waals surface area contributed by atoms with Gasteiger partial charge in [0.15, 0.2) is 0 Å². The first kappa shape index (κ1) is 16.6. The van der Waals surface area contributed by atoms with Crippen LogP contribution >= 0.6 is 33.9 Å². The molecule has 0 fully saturated rings. The average Bonchev–Trinajstić information content (AvgIpc) is 2.28. The van der Waals surface area contributed by atoms with Crippen LogP contribution in [0.5, 0.6) is 0 Å². The molecule has 1 rings (SSSR count). The van der Waals surface area contributed by atoms with E-state index in [9.17, 15) is 13.2 Å². The van der Waals surface area contributed by atoms with Gasteiger partial charge in [0, 0.05) is 23.8 Å². The van der Waals surface area contributed by atoms with E-state index in [0.717, 1.165) is 0 Å². The monoisotopic (exact) mass is 343 g/mol. The van der Waals surface area contributed by atoms with Crippen LogP contribution in [0.1, 0.15) is 24.2 Å². The molecule has 0 radical (unpaired) electrons. The highest BCUT2D eigenvalue weighted by molar-refractivity contribution is 8.13. The van der Waals surface area contributed by atoms with Crippen LogP contribution in [-0.2, 0) is 9.05 Å². The summed E-state index contributed by atoms with van der Waals surface area (Å²) in [6, 6.07) is 2.46. The molecule has 1 aromatic rings. The van der Waals surface area contributed by atoms with E-state index in [2.05, 4.69) is 0 Å². The SMILES string of the molecule is CCN(CC)C(=O)c1c(Cl)ccc(S(=O)(=O)Cl)c1Cl. The zero-order chi connectivity index (χ0) is 14.8. The van der Waals surface area contributed by atoms with Crippen LogP contribution in [0.25, 0.3) is 0 Å². The molecule has 1 amide bonds. The third kappa shape index (κ3) is 3.54. The van der Waals surface area contributed by atoms with Crippen LogP contribution < -0.4 is 0 Å². The summed E-state index contributed by atoms with van der Waals surface area (Å²) in [6.45, 7) is 4.51. The molecule has 4 nitrogen and oxygen atoms in total. The quantitative estimate of drug-likeness (QED) is 0.787. The van der Waals surface area contributed by atoms with E-state index in [-0.39, 0.29) is 20.5 Å². The summed E-state index contributed by atoms with van der Waals surface area (Å²) in [6.07, 6.45) is 0. The van der Waals surface area contributed by atoms with E-state index in [1.54, 1.807) is 13.8 Å². The lowest BCUT2D eigenvalue weighted by Crippen LogP contribution is -2.31. The lowest BCUT2D eigenvalue weighted by Gasteiger charge is -2.20. The molecule has 0 aliphatic heterocycles. The van der Waals surface area contributed by atoms with E-state index in [1.807, 2.05) is 0 Å². The number of amides is 1. The molecule has 0 N–H and O–H groups in total. The number of carbonyl (C=O) groups excluding carboxylic acids is 1. The summed E-state index contributed by atoms with van der Waals surface area (Å²) in [5.74, 6) is -0.429. The molecule has 0 unspecified atom stereocenters. The first-order chi connectivity index (χ1) is 8.73. The second kappa shape index (κ2) is 6.31. The fourth-order valence-corrected chi connectivity index (χ4v) is 3.47. The fraction of sp³-hybridized carbons (Fsp3) is 0.364. The largest absolute Gasteiger partial charge is 0.339 e. The van der Waals surface area contributed by atoms with Crippen molar-refractivity contribution in [3.05, 3.63) is 27.7 Å². The third-order valence-electron chi connectivity index (χ3n) is 2.58. The van der Waals surface area contributed by atoms with Gasteiger partial charge in [-0.05, 0) is 26.0 Å². The molecule has 0 saturated carbocycles. The zero-order valence-corrected chi connectivity index (χ0v) is 13.4. The summed E-state index contributed by atoms with van der Waals surface area (Å²) in [5, 5.41) is -0.162. The number of halogens is 3. The molecule has 8 heteroatoms. The summed E-state index contributed by atoms with van der Waals surface area (Å²) < 4.78 is 22.7. The van der Waals surface area contributed by atoms with Crippen molar-refractivity contribution >= 4 is 48.8 Å². The van der Waals surface area contributed by atoms with Crippen molar-refractivity contribution in [1.82, 2.24) is 4.90 Å². The lowest BCUT2D eigenvalue weighted by molar-refractivity contribution is 0.0773. The first-order valence-electron chi connectivity index (χ1n) is 5.45. The second-order valence-corrected chi connectivity index (χ2v) is 6.97. The Morgan fingerprint density at radius 2 is 1.74 bits per heavy atom. The first-order valence-corrected chi connectivity index (χ1v) is 8.52. The predicted molar refractivity (Wildman–Crippen MR) is 76.8 cm³/mol. The molecule has 0 aliphatic carbocycles. The molecular weight excluding hydrogens is 333 g/mol. The van der Waals surface area contributed by atoms with Crippen molar-refractivity contribution in [1.29, 1.82) is 0 Å². The summed E-state index contributed by atoms with van der Waals surface area (Å²) >= 11 is 11.9. The van der Waals surface area contributed by atoms with Gasteiger partial charge in [0.25, 0.3) is 15.0 Å². The smallest absolute Gasteiger partial charge is 0.262 e. The molecule has 0 aliphatic rings. The minimum Gasteiger partial charge on any atom is -0.339 e. The average molecular weight is 345 g/mol. The van der Waals surface area contributed by atoms with Gasteiger partial charge >= 0.3 is 0 Å². The maximum Gasteiger partial charge on any atom is 0.262 e. The van der Waals surface area contributed by atoms with Gasteiger partial charge in [-0.3, -0.25) is 4.79 Å². The number of nitrogens with zero attached hydrogens (tertiary/aromatic N) is 1. The lowest BCUT2D eigenvalue weighted by atomic mass is 10.2. The molecule has 0 bridgehead atoms. The Bertz CT molecular complexity index is 597. The predicted octanol–water partition coefficient (Wildman–Crippen LogP) is 3.40. The van der Waals surface area contributed by atoms with E-state index >= 15 is 0 Å². The highest BCUT2D eigenvalue weighted by atomic mass is 35.7. The Morgan fingerprint density at radius 3 is 2.16 bits per heavy atom. The minimum atomic E-state index is -4.03. The summed E-state index contributed by atoms with van der Waals surface area (Å²) in [4.78, 5) is 13.4. The van der Waals surface area contributed by atoms with Gasteiger partial charge in [0.2, 0.25) is 0 Å². The Kier molecular flexibility index (Phi) is 5.50. The molecule has 0 spiro atoms. The van der Waals surface area contributed by atoms with Crippen molar-refractivity contribution in [3.8, 4) is 0 Å². The van der Waals surface area contributed by atoms with Gasteiger partial charge in [-0.2, -0.15) is 0 Å². The Labute approximate surface area is 126 Å². The molecule has 1 aromatic carbocycles. The molecule has 0 atom stereocenters. The van der Waals surface area contributed by atoms with Gasteiger partial charge in [-0.1, -0.05) is 23.2 Å². The van der Waals surface area contributed by atoms with Crippen LogP contribution in [0.15, 0.2) is 17.0 Å². The highest BCUT2D eigenvalue weighted by Crippen LogP contribution is 2.33. The number of hydrogen-bond acceptors (Lipinski definition) is 3. The molecular formula is C11H12Cl3NO3S. The van der Waals surface area contributed by atoms with Gasteiger partial charge in [0.05, 0.1) is 15.6 Å². The van der Waals surface area contributed by atoms with E-state index < -0.39 is 15.0 Å². The Hall–Kier alpha value is -0.490. The maximum absolute atomic E-state index is 12.2. The Balaban J connectivity index is 3.48. The van der Waals surface area contributed by atoms with E-state index in [4.69, 9.17) is 33.9 Å². The Morgan fingerprint density at radius 1 is 1.21 bits per heavy atom. The third-order valence-corrected chi connectivity index (χ3v) is 4.77. The van der Waals surface area contributed by atoms with Crippen LogP contribution in [0.3, 0.4) is 0 Å². The topological polar surface area (TPSA) is 54.5 Å². The van der Waals surface area contributed by atoms with Crippen LogP contribution in [0.2, 0.25) is 10.0 Å². The van der Waals surface area contributed by atoms with Crippen LogP contribution in [0, 0.1) is 0 Å². The molecule has 106 valence electrons. The standard InChI is InChI=1S/C11H12Cl3NO3S/c1-3-15(4-2)11(16)9-7(12)5-6-8(10(9)13)19(14,17)18/h5-6H,3-4H2,1-2H3. The van der Waals surface area contributed by atoms with Gasteiger partial charge in [-0.15, -0.1) is 0 Å². The fourth-order valence-electron chi connectivity index (χ4n) is 1.59. The maximum atomic E-state index is 12.2. The van der Waals surface area contributed by atoms with Crippen molar-refractivity contribution < 1.29 is 13.2 Å². The zero-order valence-electron chi connectivity index (χ0n) is 10.3. The summed E-state index contributed by atoms with van der Waals surface area (Å²) in [5.41, 5.74) is -0.0474. The van der Waals surface area contributed by atoms with E-state index in [1.165, 1.54) is 17.0 Å². The van der Waals surface area contributed by atoms with Gasteiger partial charge in [0.1, 0.15) is 4.90 Å². The van der Waals surface area contributed by atoms with E-state index in [0.29, 0.717) is 13.1 Å². The number of benzene rings is 1. The number of rotatable bonds is 4. The van der Waals surface area contributed by atoms with Crippen molar-refractivity contribution in [2.24, 2.45) is 0 Å². The van der Waals surface area contributed by atoms with Crippen molar-refractivity contribution in [3.63, 3.8) is 0 Å². The highest BCUT2D eigenvalue weighted by Gasteiger charge is 2.25. The minimum absolute atomic E-state index is 0.0474. The molecule has 19 heavy (non-hydrogen) atoms. The second-order valence-electron chi connectivity index (χ2n) is 3.65.